The van der Waals surface area contributed by atoms with E-state index in [9.17, 15) is 0 Å². The van der Waals surface area contributed by atoms with Gasteiger partial charge in [0.05, 0.1) is 18.5 Å². The molecule has 0 amide bonds. The Labute approximate surface area is 131 Å². The number of hydrogen-bond donors (Lipinski definition) is 2. The van der Waals surface area contributed by atoms with Gasteiger partial charge in [-0.25, -0.2) is 0 Å². The largest absolute Gasteiger partial charge is 0.495 e. The zero-order valence-electron chi connectivity index (χ0n) is 11.6. The first-order valence-electron chi connectivity index (χ1n) is 6.57. The summed E-state index contributed by atoms with van der Waals surface area (Å²) in [5.41, 5.74) is 8.57. The monoisotopic (exact) mass is 342 g/mol. The third kappa shape index (κ3) is 2.54. The van der Waals surface area contributed by atoms with E-state index in [2.05, 4.69) is 33.4 Å². The summed E-state index contributed by atoms with van der Waals surface area (Å²) in [4.78, 5) is 0. The number of halogens is 1. The smallest absolute Gasteiger partial charge is 0.143 e. The molecule has 3 N–H and O–H groups in total. The maximum atomic E-state index is 6.12. The van der Waals surface area contributed by atoms with Crippen LogP contribution in [-0.4, -0.2) is 7.11 Å². The molecular formula is C17H15BrN2O. The van der Waals surface area contributed by atoms with Gasteiger partial charge in [0.15, 0.2) is 0 Å². The summed E-state index contributed by atoms with van der Waals surface area (Å²) < 4.78 is 6.33. The van der Waals surface area contributed by atoms with E-state index in [1.807, 2.05) is 42.5 Å². The van der Waals surface area contributed by atoms with Crippen LogP contribution in [0.1, 0.15) is 0 Å². The lowest BCUT2D eigenvalue weighted by molar-refractivity contribution is 0.417. The fourth-order valence-electron chi connectivity index (χ4n) is 2.35. The van der Waals surface area contributed by atoms with Crippen LogP contribution in [0.4, 0.5) is 17.1 Å². The minimum Gasteiger partial charge on any atom is -0.495 e. The van der Waals surface area contributed by atoms with E-state index < -0.39 is 0 Å². The molecule has 0 aromatic heterocycles. The molecule has 3 aromatic carbocycles. The Kier molecular flexibility index (Phi) is 3.71. The molecule has 0 atom stereocenters. The molecule has 0 aliphatic carbocycles. The molecule has 0 unspecified atom stereocenters. The van der Waals surface area contributed by atoms with Gasteiger partial charge in [-0.3, -0.25) is 0 Å². The van der Waals surface area contributed by atoms with Crippen LogP contribution in [-0.2, 0) is 0 Å². The second-order valence-corrected chi connectivity index (χ2v) is 5.54. The highest BCUT2D eigenvalue weighted by Gasteiger charge is 2.08. The molecule has 3 aromatic rings. The van der Waals surface area contributed by atoms with Crippen LogP contribution in [0.15, 0.2) is 59.1 Å². The zero-order valence-corrected chi connectivity index (χ0v) is 13.1. The Balaban J connectivity index is 2.09. The Morgan fingerprint density at radius 1 is 0.905 bits per heavy atom. The summed E-state index contributed by atoms with van der Waals surface area (Å²) in [7, 11) is 1.62. The van der Waals surface area contributed by atoms with Gasteiger partial charge in [0.25, 0.3) is 0 Å². The normalized spacial score (nSPS) is 10.6. The van der Waals surface area contributed by atoms with Crippen molar-refractivity contribution in [2.75, 3.05) is 18.2 Å². The van der Waals surface area contributed by atoms with E-state index >= 15 is 0 Å². The van der Waals surface area contributed by atoms with E-state index in [0.29, 0.717) is 11.4 Å². The van der Waals surface area contributed by atoms with Gasteiger partial charge in [-0.2, -0.15) is 0 Å². The number of benzene rings is 3. The molecule has 0 aliphatic heterocycles. The number of nitrogens with one attached hydrogen (secondary N) is 1. The third-order valence-electron chi connectivity index (χ3n) is 3.43. The van der Waals surface area contributed by atoms with E-state index in [1.54, 1.807) is 7.11 Å². The molecule has 3 rings (SSSR count). The topological polar surface area (TPSA) is 47.3 Å². The van der Waals surface area contributed by atoms with E-state index in [-0.39, 0.29) is 0 Å². The van der Waals surface area contributed by atoms with Gasteiger partial charge in [-0.15, -0.1) is 0 Å². The molecule has 0 spiro atoms. The van der Waals surface area contributed by atoms with Crippen molar-refractivity contribution in [2.45, 2.75) is 0 Å². The van der Waals surface area contributed by atoms with Crippen LogP contribution in [0.25, 0.3) is 10.8 Å². The summed E-state index contributed by atoms with van der Waals surface area (Å²) in [6.45, 7) is 0. The molecule has 0 radical (unpaired) electrons. The van der Waals surface area contributed by atoms with Gasteiger partial charge in [-0.1, -0.05) is 46.3 Å². The lowest BCUT2D eigenvalue weighted by atomic mass is 10.1. The van der Waals surface area contributed by atoms with Crippen molar-refractivity contribution in [3.8, 4) is 5.75 Å². The quantitative estimate of drug-likeness (QED) is 0.663. The van der Waals surface area contributed by atoms with Crippen molar-refractivity contribution in [1.29, 1.82) is 0 Å². The van der Waals surface area contributed by atoms with Crippen molar-refractivity contribution in [3.05, 3.63) is 59.1 Å². The highest BCUT2D eigenvalue weighted by Crippen LogP contribution is 2.35. The van der Waals surface area contributed by atoms with Crippen molar-refractivity contribution in [1.82, 2.24) is 0 Å². The molecule has 0 bridgehead atoms. The maximum Gasteiger partial charge on any atom is 0.143 e. The van der Waals surface area contributed by atoms with Crippen molar-refractivity contribution in [2.24, 2.45) is 0 Å². The second kappa shape index (κ2) is 5.66. The summed E-state index contributed by atoms with van der Waals surface area (Å²) in [6, 6.07) is 18.0. The van der Waals surface area contributed by atoms with E-state index in [4.69, 9.17) is 10.5 Å². The highest BCUT2D eigenvalue weighted by atomic mass is 79.9. The molecule has 0 saturated heterocycles. The summed E-state index contributed by atoms with van der Waals surface area (Å²) >= 11 is 3.58. The first-order valence-corrected chi connectivity index (χ1v) is 7.37. The average Bonchev–Trinajstić information content (AvgIpc) is 2.52. The van der Waals surface area contributed by atoms with Gasteiger partial charge < -0.3 is 15.8 Å². The van der Waals surface area contributed by atoms with Crippen LogP contribution in [0, 0.1) is 0 Å². The van der Waals surface area contributed by atoms with Gasteiger partial charge in [0, 0.05) is 15.5 Å². The predicted octanol–water partition coefficient (Wildman–Crippen LogP) is 4.94. The summed E-state index contributed by atoms with van der Waals surface area (Å²) in [6.07, 6.45) is 0. The standard InChI is InChI=1S/C17H15BrN2O/c1-21-16-8-4-7-15(17(16)19)20-14-10-9-13(18)11-5-2-3-6-12(11)14/h2-10,20H,19H2,1H3. The highest BCUT2D eigenvalue weighted by molar-refractivity contribution is 9.10. The molecule has 21 heavy (non-hydrogen) atoms. The number of nitrogen functional groups attached to an aromatic ring is 1. The van der Waals surface area contributed by atoms with Crippen LogP contribution >= 0.6 is 15.9 Å². The van der Waals surface area contributed by atoms with Gasteiger partial charge >= 0.3 is 0 Å². The molecule has 0 fully saturated rings. The number of nitrogens with two attached hydrogens (primary N) is 1. The SMILES string of the molecule is COc1cccc(Nc2ccc(Br)c3ccccc23)c1N. The summed E-state index contributed by atoms with van der Waals surface area (Å²) in [5, 5.41) is 5.68. The van der Waals surface area contributed by atoms with Gasteiger partial charge in [0.1, 0.15) is 5.75 Å². The Hall–Kier alpha value is -2.20. The number of methoxy groups -OCH3 is 1. The van der Waals surface area contributed by atoms with Gasteiger partial charge in [0.2, 0.25) is 0 Å². The Bertz CT molecular complexity index is 802. The molecule has 0 saturated carbocycles. The average molecular weight is 343 g/mol. The lowest BCUT2D eigenvalue weighted by Crippen LogP contribution is -1.99. The molecule has 0 aliphatic rings. The first-order chi connectivity index (χ1) is 10.2. The predicted molar refractivity (Wildman–Crippen MR) is 92.3 cm³/mol. The minimum absolute atomic E-state index is 0.604. The number of ether oxygens (including phenoxy) is 1. The fraction of sp³-hybridized carbons (Fsp3) is 0.0588. The minimum atomic E-state index is 0.604. The zero-order chi connectivity index (χ0) is 14.8. The maximum absolute atomic E-state index is 6.12. The molecule has 0 heterocycles. The molecular weight excluding hydrogens is 328 g/mol. The van der Waals surface area contributed by atoms with Crippen molar-refractivity contribution >= 4 is 43.8 Å². The van der Waals surface area contributed by atoms with E-state index in [1.165, 1.54) is 0 Å². The number of anilines is 3. The number of fused-ring (bicyclic) bond motifs is 1. The molecule has 3 nitrogen and oxygen atoms in total. The summed E-state index contributed by atoms with van der Waals surface area (Å²) in [5.74, 6) is 0.668. The van der Waals surface area contributed by atoms with Crippen LogP contribution in [0.3, 0.4) is 0 Å². The van der Waals surface area contributed by atoms with Gasteiger partial charge in [-0.05, 0) is 29.7 Å². The van der Waals surface area contributed by atoms with Crippen LogP contribution in [0.2, 0.25) is 0 Å². The Morgan fingerprint density at radius 2 is 1.67 bits per heavy atom. The van der Waals surface area contributed by atoms with Crippen molar-refractivity contribution in [3.63, 3.8) is 0 Å². The second-order valence-electron chi connectivity index (χ2n) is 4.69. The first kappa shape index (κ1) is 13.8. The number of hydrogen-bond acceptors (Lipinski definition) is 3. The van der Waals surface area contributed by atoms with Crippen molar-refractivity contribution < 1.29 is 4.74 Å². The number of rotatable bonds is 3. The Morgan fingerprint density at radius 3 is 2.43 bits per heavy atom. The fourth-order valence-corrected chi connectivity index (χ4v) is 2.83. The number of para-hydroxylation sites is 1. The third-order valence-corrected chi connectivity index (χ3v) is 4.12. The van der Waals surface area contributed by atoms with Crippen LogP contribution < -0.4 is 15.8 Å². The lowest BCUT2D eigenvalue weighted by Gasteiger charge is -2.14. The van der Waals surface area contributed by atoms with E-state index in [0.717, 1.165) is 26.6 Å². The molecule has 106 valence electrons. The molecule has 4 heteroatoms. The van der Waals surface area contributed by atoms with Crippen LogP contribution in [0.5, 0.6) is 5.75 Å².